The zero-order chi connectivity index (χ0) is 23.7. The molecular weight excluding hydrogens is 424 g/mol. The van der Waals surface area contributed by atoms with Gasteiger partial charge in [0, 0.05) is 11.8 Å². The van der Waals surface area contributed by atoms with Crippen LogP contribution in [0.25, 0.3) is 5.57 Å². The second kappa shape index (κ2) is 8.79. The maximum absolute atomic E-state index is 13.4. The molecule has 0 heterocycles. The van der Waals surface area contributed by atoms with E-state index in [1.807, 2.05) is 54.6 Å². The maximum atomic E-state index is 13.4. The SMILES string of the molecule is COC(=O)C1(C(=O)OC)C2=C(C=CCC=C2)[C@H]2C(=C(c3ccccc3)c3ccccc3)C=C[C@H]21. The van der Waals surface area contributed by atoms with Crippen molar-refractivity contribution >= 4 is 17.5 Å². The third-order valence-electron chi connectivity index (χ3n) is 7.03. The Morgan fingerprint density at radius 1 is 0.794 bits per heavy atom. The molecule has 0 radical (unpaired) electrons. The number of hydrogen-bond donors (Lipinski definition) is 0. The van der Waals surface area contributed by atoms with Gasteiger partial charge in [-0.2, -0.15) is 0 Å². The number of rotatable bonds is 4. The number of ether oxygens (including phenoxy) is 2. The van der Waals surface area contributed by atoms with E-state index in [0.717, 1.165) is 34.3 Å². The van der Waals surface area contributed by atoms with E-state index < -0.39 is 23.3 Å². The lowest BCUT2D eigenvalue weighted by molar-refractivity contribution is -0.168. The fourth-order valence-electron chi connectivity index (χ4n) is 5.67. The van der Waals surface area contributed by atoms with E-state index in [4.69, 9.17) is 9.47 Å². The predicted octanol–water partition coefficient (Wildman–Crippen LogP) is 5.45. The van der Waals surface area contributed by atoms with Gasteiger partial charge in [0.2, 0.25) is 0 Å². The molecule has 4 heteroatoms. The zero-order valence-electron chi connectivity index (χ0n) is 19.2. The van der Waals surface area contributed by atoms with E-state index in [0.29, 0.717) is 5.57 Å². The predicted molar refractivity (Wildman–Crippen MR) is 131 cm³/mol. The van der Waals surface area contributed by atoms with Crippen LogP contribution in [0.2, 0.25) is 0 Å². The molecule has 0 saturated carbocycles. The van der Waals surface area contributed by atoms with Gasteiger partial charge >= 0.3 is 11.9 Å². The number of hydrogen-bond acceptors (Lipinski definition) is 4. The molecule has 5 rings (SSSR count). The normalized spacial score (nSPS) is 21.6. The van der Waals surface area contributed by atoms with Crippen molar-refractivity contribution in [2.45, 2.75) is 6.42 Å². The van der Waals surface area contributed by atoms with Crippen molar-refractivity contribution < 1.29 is 19.1 Å². The monoisotopic (exact) mass is 450 g/mol. The minimum Gasteiger partial charge on any atom is -0.468 e. The van der Waals surface area contributed by atoms with Gasteiger partial charge in [0.1, 0.15) is 0 Å². The third kappa shape index (κ3) is 3.13. The summed E-state index contributed by atoms with van der Waals surface area (Å²) in [5.74, 6) is -1.82. The van der Waals surface area contributed by atoms with Crippen LogP contribution in [0.1, 0.15) is 17.5 Å². The van der Waals surface area contributed by atoms with Gasteiger partial charge < -0.3 is 9.47 Å². The standard InChI is InChI=1S/C30H26O4/c1-33-28(31)30(29(32)34-2)24-17-11-5-10-16-22(24)27-23(18-19-25(27)30)26(20-12-6-3-7-13-20)21-14-8-4-9-15-21/h3-4,6-19,25,27H,5H2,1-2H3/t25-,27+/m1/s1. The Hall–Kier alpha value is -3.92. The highest BCUT2D eigenvalue weighted by Gasteiger charge is 2.65. The van der Waals surface area contributed by atoms with Crippen molar-refractivity contribution in [1.29, 1.82) is 0 Å². The summed E-state index contributed by atoms with van der Waals surface area (Å²) in [5.41, 5.74) is 4.39. The molecule has 0 saturated heterocycles. The molecule has 0 unspecified atom stereocenters. The van der Waals surface area contributed by atoms with Crippen LogP contribution in [-0.2, 0) is 19.1 Å². The fraction of sp³-hybridized carbons (Fsp3) is 0.200. The molecule has 170 valence electrons. The summed E-state index contributed by atoms with van der Waals surface area (Å²) in [6, 6.07) is 20.5. The average molecular weight is 451 g/mol. The van der Waals surface area contributed by atoms with Gasteiger partial charge in [-0.05, 0) is 39.8 Å². The van der Waals surface area contributed by atoms with Crippen molar-refractivity contribution in [3.05, 3.63) is 125 Å². The van der Waals surface area contributed by atoms with Crippen LogP contribution < -0.4 is 0 Å². The molecule has 2 aromatic carbocycles. The summed E-state index contributed by atoms with van der Waals surface area (Å²) < 4.78 is 10.5. The van der Waals surface area contributed by atoms with Gasteiger partial charge in [-0.3, -0.25) is 9.59 Å². The molecule has 4 nitrogen and oxygen atoms in total. The van der Waals surface area contributed by atoms with Crippen molar-refractivity contribution in [3.63, 3.8) is 0 Å². The smallest absolute Gasteiger partial charge is 0.328 e. The Labute approximate surface area is 199 Å². The fourth-order valence-corrected chi connectivity index (χ4v) is 5.67. The Morgan fingerprint density at radius 3 is 1.91 bits per heavy atom. The van der Waals surface area contributed by atoms with E-state index in [-0.39, 0.29) is 5.92 Å². The van der Waals surface area contributed by atoms with E-state index in [1.165, 1.54) is 14.2 Å². The minimum absolute atomic E-state index is 0.192. The minimum atomic E-state index is -1.55. The number of fused-ring (bicyclic) bond motifs is 2. The Bertz CT molecular complexity index is 1220. The second-order valence-corrected chi connectivity index (χ2v) is 8.63. The topological polar surface area (TPSA) is 52.6 Å². The summed E-state index contributed by atoms with van der Waals surface area (Å²) in [7, 11) is 2.65. The molecule has 0 spiro atoms. The number of allylic oxidation sites excluding steroid dienone is 8. The van der Waals surface area contributed by atoms with Crippen LogP contribution in [0.5, 0.6) is 0 Å². The first-order valence-electron chi connectivity index (χ1n) is 11.4. The van der Waals surface area contributed by atoms with E-state index in [1.54, 1.807) is 0 Å². The molecule has 0 amide bonds. The summed E-state index contributed by atoms with van der Waals surface area (Å²) >= 11 is 0. The Kier molecular flexibility index (Phi) is 5.66. The number of esters is 2. The van der Waals surface area contributed by atoms with Crippen molar-refractivity contribution in [3.8, 4) is 0 Å². The van der Waals surface area contributed by atoms with Crippen molar-refractivity contribution in [2.24, 2.45) is 17.3 Å². The lowest BCUT2D eigenvalue weighted by Gasteiger charge is -2.31. The Morgan fingerprint density at radius 2 is 1.35 bits per heavy atom. The lowest BCUT2D eigenvalue weighted by Crippen LogP contribution is -2.46. The molecule has 0 N–H and O–H groups in total. The third-order valence-corrected chi connectivity index (χ3v) is 7.03. The highest BCUT2D eigenvalue weighted by Crippen LogP contribution is 2.60. The van der Waals surface area contributed by atoms with Crippen molar-refractivity contribution in [1.82, 2.24) is 0 Å². The first-order valence-corrected chi connectivity index (χ1v) is 11.4. The van der Waals surface area contributed by atoms with Crippen LogP contribution in [0.3, 0.4) is 0 Å². The zero-order valence-corrected chi connectivity index (χ0v) is 19.2. The molecule has 34 heavy (non-hydrogen) atoms. The molecule has 2 aromatic rings. The molecule has 0 aromatic heterocycles. The van der Waals surface area contributed by atoms with E-state index in [2.05, 4.69) is 42.5 Å². The first kappa shape index (κ1) is 21.9. The van der Waals surface area contributed by atoms with E-state index in [9.17, 15) is 9.59 Å². The summed E-state index contributed by atoms with van der Waals surface area (Å²) in [6.45, 7) is 0. The summed E-state index contributed by atoms with van der Waals surface area (Å²) in [5, 5.41) is 0. The van der Waals surface area contributed by atoms with Crippen LogP contribution >= 0.6 is 0 Å². The summed E-state index contributed by atoms with van der Waals surface area (Å²) in [4.78, 5) is 26.8. The van der Waals surface area contributed by atoms with Gasteiger partial charge in [-0.25, -0.2) is 0 Å². The van der Waals surface area contributed by atoms with Crippen molar-refractivity contribution in [2.75, 3.05) is 14.2 Å². The highest BCUT2D eigenvalue weighted by molar-refractivity contribution is 6.07. The van der Waals surface area contributed by atoms with Crippen LogP contribution in [0.4, 0.5) is 0 Å². The molecule has 3 aliphatic carbocycles. The van der Waals surface area contributed by atoms with Gasteiger partial charge in [-0.15, -0.1) is 0 Å². The molecule has 2 atom stereocenters. The number of carbonyl (C=O) groups is 2. The highest BCUT2D eigenvalue weighted by atomic mass is 16.5. The Balaban J connectivity index is 1.82. The average Bonchev–Trinajstić information content (AvgIpc) is 3.31. The second-order valence-electron chi connectivity index (χ2n) is 8.63. The number of carbonyl (C=O) groups excluding carboxylic acids is 2. The molecule has 0 bridgehead atoms. The number of methoxy groups -OCH3 is 2. The molecule has 3 aliphatic rings. The number of benzene rings is 2. The van der Waals surface area contributed by atoms with Gasteiger partial charge in [0.15, 0.2) is 5.41 Å². The van der Waals surface area contributed by atoms with E-state index >= 15 is 0 Å². The maximum Gasteiger partial charge on any atom is 0.328 e. The largest absolute Gasteiger partial charge is 0.468 e. The molecule has 0 fully saturated rings. The summed E-state index contributed by atoms with van der Waals surface area (Å²) in [6.07, 6.45) is 12.8. The van der Waals surface area contributed by atoms with Crippen LogP contribution in [0.15, 0.2) is 114 Å². The lowest BCUT2D eigenvalue weighted by atomic mass is 9.71. The first-order chi connectivity index (χ1) is 16.6. The van der Waals surface area contributed by atoms with Gasteiger partial charge in [0.05, 0.1) is 14.2 Å². The van der Waals surface area contributed by atoms with Gasteiger partial charge in [0.25, 0.3) is 0 Å². The van der Waals surface area contributed by atoms with Crippen LogP contribution in [-0.4, -0.2) is 26.2 Å². The molecular formula is C30H26O4. The van der Waals surface area contributed by atoms with Gasteiger partial charge in [-0.1, -0.05) is 97.1 Å². The molecule has 0 aliphatic heterocycles. The quantitative estimate of drug-likeness (QED) is 0.459. The van der Waals surface area contributed by atoms with Crippen LogP contribution in [0, 0.1) is 17.3 Å².